The number of hydrogen-bond acceptors (Lipinski definition) is 3. The number of aromatic nitrogens is 3. The van der Waals surface area contributed by atoms with Crippen molar-refractivity contribution in [3.63, 3.8) is 0 Å². The van der Waals surface area contributed by atoms with Crippen molar-refractivity contribution < 1.29 is 0 Å². The van der Waals surface area contributed by atoms with Crippen LogP contribution in [0, 0.1) is 0 Å². The Bertz CT molecular complexity index is 549. The molecule has 92 valence electrons. The first-order valence-corrected chi connectivity index (χ1v) is 6.59. The number of fused-ring (bicyclic) bond motifs is 2. The molecule has 1 fully saturated rings. The van der Waals surface area contributed by atoms with Gasteiger partial charge in [-0.1, -0.05) is 24.3 Å². The average molecular weight is 240 g/mol. The Labute approximate surface area is 106 Å². The summed E-state index contributed by atoms with van der Waals surface area (Å²) in [7, 11) is 0. The lowest BCUT2D eigenvalue weighted by atomic mass is 9.89. The molecular weight excluding hydrogens is 224 g/mol. The van der Waals surface area contributed by atoms with E-state index < -0.39 is 0 Å². The van der Waals surface area contributed by atoms with Gasteiger partial charge in [0.2, 0.25) is 0 Å². The molecule has 0 bridgehead atoms. The van der Waals surface area contributed by atoms with Crippen molar-refractivity contribution >= 4 is 0 Å². The molecule has 0 amide bonds. The summed E-state index contributed by atoms with van der Waals surface area (Å²) in [5, 5.41) is 4.38. The van der Waals surface area contributed by atoms with Gasteiger partial charge in [0.05, 0.1) is 6.04 Å². The average Bonchev–Trinajstić information content (AvgIpc) is 3.06. The van der Waals surface area contributed by atoms with E-state index in [1.54, 1.807) is 6.33 Å². The SMILES string of the molecule is c1ccc2c(c1)CN1CCCC1C2n1cncn1. The van der Waals surface area contributed by atoms with Gasteiger partial charge in [-0.3, -0.25) is 4.90 Å². The highest BCUT2D eigenvalue weighted by molar-refractivity contribution is 5.34. The van der Waals surface area contributed by atoms with Crippen molar-refractivity contribution in [1.82, 2.24) is 19.7 Å². The number of benzene rings is 1. The Morgan fingerprint density at radius 1 is 1.22 bits per heavy atom. The Kier molecular flexibility index (Phi) is 2.23. The summed E-state index contributed by atoms with van der Waals surface area (Å²) in [6, 6.07) is 9.67. The van der Waals surface area contributed by atoms with Gasteiger partial charge in [0.25, 0.3) is 0 Å². The van der Waals surface area contributed by atoms with Gasteiger partial charge in [-0.25, -0.2) is 9.67 Å². The van der Waals surface area contributed by atoms with Crippen LogP contribution in [0.5, 0.6) is 0 Å². The van der Waals surface area contributed by atoms with Crippen LogP contribution >= 0.6 is 0 Å². The summed E-state index contributed by atoms with van der Waals surface area (Å²) in [5.41, 5.74) is 2.86. The van der Waals surface area contributed by atoms with Crippen LogP contribution < -0.4 is 0 Å². The second-order valence-electron chi connectivity index (χ2n) is 5.20. The molecule has 1 aromatic heterocycles. The quantitative estimate of drug-likeness (QED) is 0.762. The molecule has 2 atom stereocenters. The van der Waals surface area contributed by atoms with Crippen molar-refractivity contribution in [2.75, 3.05) is 6.54 Å². The molecule has 1 aromatic carbocycles. The summed E-state index contributed by atoms with van der Waals surface area (Å²) in [6.07, 6.45) is 6.04. The first-order chi connectivity index (χ1) is 8.93. The molecule has 4 nitrogen and oxygen atoms in total. The van der Waals surface area contributed by atoms with Gasteiger partial charge >= 0.3 is 0 Å². The van der Waals surface area contributed by atoms with Crippen molar-refractivity contribution in [2.45, 2.75) is 31.5 Å². The summed E-state index contributed by atoms with van der Waals surface area (Å²) >= 11 is 0. The van der Waals surface area contributed by atoms with Crippen molar-refractivity contribution in [3.8, 4) is 0 Å². The molecule has 18 heavy (non-hydrogen) atoms. The number of nitrogens with zero attached hydrogens (tertiary/aromatic N) is 4. The van der Waals surface area contributed by atoms with Crippen LogP contribution in [-0.4, -0.2) is 32.3 Å². The lowest BCUT2D eigenvalue weighted by Gasteiger charge is -2.38. The van der Waals surface area contributed by atoms with Gasteiger partial charge in [-0.2, -0.15) is 5.10 Å². The van der Waals surface area contributed by atoms with E-state index in [4.69, 9.17) is 0 Å². The van der Waals surface area contributed by atoms with E-state index in [1.165, 1.54) is 30.5 Å². The zero-order valence-corrected chi connectivity index (χ0v) is 10.2. The fraction of sp³-hybridized carbons (Fsp3) is 0.429. The summed E-state index contributed by atoms with van der Waals surface area (Å²) in [4.78, 5) is 6.71. The van der Waals surface area contributed by atoms with Crippen LogP contribution in [0.3, 0.4) is 0 Å². The molecule has 0 N–H and O–H groups in total. The summed E-state index contributed by atoms with van der Waals surface area (Å²) in [6.45, 7) is 2.30. The molecule has 3 heterocycles. The molecule has 4 rings (SSSR count). The van der Waals surface area contributed by atoms with E-state index >= 15 is 0 Å². The van der Waals surface area contributed by atoms with Gasteiger partial charge in [0.15, 0.2) is 0 Å². The van der Waals surface area contributed by atoms with Gasteiger partial charge in [0.1, 0.15) is 12.7 Å². The van der Waals surface area contributed by atoms with Crippen molar-refractivity contribution in [2.24, 2.45) is 0 Å². The van der Waals surface area contributed by atoms with E-state index in [2.05, 4.69) is 39.2 Å². The lowest BCUT2D eigenvalue weighted by molar-refractivity contribution is 0.174. The first-order valence-electron chi connectivity index (χ1n) is 6.59. The molecule has 0 aliphatic carbocycles. The third-order valence-electron chi connectivity index (χ3n) is 4.25. The van der Waals surface area contributed by atoms with Gasteiger partial charge in [-0.05, 0) is 30.5 Å². The summed E-state index contributed by atoms with van der Waals surface area (Å²) < 4.78 is 2.03. The molecule has 4 heteroatoms. The van der Waals surface area contributed by atoms with Crippen LogP contribution in [0.4, 0.5) is 0 Å². The predicted molar refractivity (Wildman–Crippen MR) is 68.0 cm³/mol. The maximum Gasteiger partial charge on any atom is 0.137 e. The molecule has 0 spiro atoms. The maximum atomic E-state index is 4.38. The third-order valence-corrected chi connectivity index (χ3v) is 4.25. The molecular formula is C14H16N4. The van der Waals surface area contributed by atoms with Crippen LogP contribution in [0.2, 0.25) is 0 Å². The Morgan fingerprint density at radius 3 is 3.06 bits per heavy atom. The minimum absolute atomic E-state index is 0.333. The largest absolute Gasteiger partial charge is 0.294 e. The molecule has 2 aliphatic heterocycles. The van der Waals surface area contributed by atoms with E-state index in [0.29, 0.717) is 12.1 Å². The van der Waals surface area contributed by atoms with Crippen LogP contribution in [0.15, 0.2) is 36.9 Å². The Hall–Kier alpha value is -1.68. The fourth-order valence-electron chi connectivity index (χ4n) is 3.48. The predicted octanol–water partition coefficient (Wildman–Crippen LogP) is 1.85. The highest BCUT2D eigenvalue weighted by Crippen LogP contribution is 2.38. The summed E-state index contributed by atoms with van der Waals surface area (Å²) in [5.74, 6) is 0. The van der Waals surface area contributed by atoms with Crippen LogP contribution in [0.25, 0.3) is 0 Å². The second-order valence-corrected chi connectivity index (χ2v) is 5.20. The Morgan fingerprint density at radius 2 is 2.17 bits per heavy atom. The molecule has 2 aliphatic rings. The zero-order chi connectivity index (χ0) is 11.9. The topological polar surface area (TPSA) is 34.0 Å². The number of rotatable bonds is 1. The van der Waals surface area contributed by atoms with Crippen LogP contribution in [0.1, 0.15) is 30.0 Å². The Balaban J connectivity index is 1.87. The normalized spacial score (nSPS) is 26.9. The van der Waals surface area contributed by atoms with Crippen molar-refractivity contribution in [1.29, 1.82) is 0 Å². The molecule has 2 unspecified atom stereocenters. The minimum Gasteiger partial charge on any atom is -0.294 e. The minimum atomic E-state index is 0.333. The standard InChI is InChI=1S/C14H16N4/c1-2-5-12-11(4-1)8-17-7-3-6-13(17)14(12)18-10-15-9-16-18/h1-2,4-5,9-10,13-14H,3,6-8H2. The third kappa shape index (κ3) is 1.42. The zero-order valence-electron chi connectivity index (χ0n) is 10.2. The van der Waals surface area contributed by atoms with E-state index in [0.717, 1.165) is 6.54 Å². The van der Waals surface area contributed by atoms with Crippen molar-refractivity contribution in [3.05, 3.63) is 48.0 Å². The van der Waals surface area contributed by atoms with E-state index in [1.807, 2.05) is 11.0 Å². The monoisotopic (exact) mass is 240 g/mol. The highest BCUT2D eigenvalue weighted by Gasteiger charge is 2.38. The molecule has 0 radical (unpaired) electrons. The molecule has 0 saturated carbocycles. The highest BCUT2D eigenvalue weighted by atomic mass is 15.4. The lowest BCUT2D eigenvalue weighted by Crippen LogP contribution is -2.41. The van der Waals surface area contributed by atoms with Crippen LogP contribution in [-0.2, 0) is 6.54 Å². The maximum absolute atomic E-state index is 4.38. The van der Waals surface area contributed by atoms with E-state index in [-0.39, 0.29) is 0 Å². The smallest absolute Gasteiger partial charge is 0.137 e. The number of hydrogen-bond donors (Lipinski definition) is 0. The van der Waals surface area contributed by atoms with Gasteiger partial charge in [-0.15, -0.1) is 0 Å². The second kappa shape index (κ2) is 3.92. The van der Waals surface area contributed by atoms with Gasteiger partial charge in [0, 0.05) is 12.6 Å². The van der Waals surface area contributed by atoms with E-state index in [9.17, 15) is 0 Å². The fourth-order valence-corrected chi connectivity index (χ4v) is 3.48. The molecule has 2 aromatic rings. The van der Waals surface area contributed by atoms with Gasteiger partial charge < -0.3 is 0 Å². The first kappa shape index (κ1) is 10.3. The molecule has 1 saturated heterocycles.